The molecule has 2 aromatic rings. The number of benzene rings is 1. The van der Waals surface area contributed by atoms with E-state index in [2.05, 4.69) is 10.0 Å². The molecule has 2 atom stereocenters. The van der Waals surface area contributed by atoms with Gasteiger partial charge in [0.2, 0.25) is 15.9 Å². The fraction of sp³-hybridized carbons (Fsp3) is 0.421. The molecule has 0 bridgehead atoms. The molecule has 0 saturated carbocycles. The molecule has 1 aromatic heterocycles. The van der Waals surface area contributed by atoms with Crippen LogP contribution in [0.2, 0.25) is 0 Å². The molecule has 2 unspecified atom stereocenters. The third-order valence-corrected chi connectivity index (χ3v) is 6.20. The maximum absolute atomic E-state index is 12.7. The van der Waals surface area contributed by atoms with Crippen LogP contribution in [-0.4, -0.2) is 38.4 Å². The Bertz CT molecular complexity index is 792. The summed E-state index contributed by atoms with van der Waals surface area (Å²) in [7, 11) is -3.75. The topological polar surface area (TPSA) is 88.4 Å². The van der Waals surface area contributed by atoms with E-state index in [1.807, 2.05) is 25.3 Å². The molecule has 1 amide bonds. The van der Waals surface area contributed by atoms with Gasteiger partial charge in [-0.15, -0.1) is 0 Å². The van der Waals surface area contributed by atoms with Crippen LogP contribution in [0.5, 0.6) is 0 Å². The van der Waals surface area contributed by atoms with Crippen LogP contribution in [-0.2, 0) is 21.2 Å². The van der Waals surface area contributed by atoms with Crippen molar-refractivity contribution in [3.63, 3.8) is 0 Å². The molecule has 8 heteroatoms. The number of sulfonamides is 1. The fourth-order valence-electron chi connectivity index (χ4n) is 2.56. The van der Waals surface area contributed by atoms with E-state index >= 15 is 0 Å². The lowest BCUT2D eigenvalue weighted by molar-refractivity contribution is -0.123. The lowest BCUT2D eigenvalue weighted by Gasteiger charge is -2.21. The summed E-state index contributed by atoms with van der Waals surface area (Å²) >= 11 is 1.57. The van der Waals surface area contributed by atoms with Crippen LogP contribution in [0.15, 0.2) is 58.0 Å². The Kier molecular flexibility index (Phi) is 8.40. The summed E-state index contributed by atoms with van der Waals surface area (Å²) in [5.41, 5.74) is 0. The first-order valence-electron chi connectivity index (χ1n) is 8.81. The summed E-state index contributed by atoms with van der Waals surface area (Å²) in [6.07, 6.45) is 5.38. The molecule has 0 spiro atoms. The minimum Gasteiger partial charge on any atom is -0.469 e. The normalized spacial score (nSPS) is 13.9. The number of thioether (sulfide) groups is 1. The molecule has 0 saturated heterocycles. The molecular weight excluding hydrogens is 384 g/mol. The number of rotatable bonds is 11. The van der Waals surface area contributed by atoms with Gasteiger partial charge in [0.25, 0.3) is 0 Å². The second-order valence-electron chi connectivity index (χ2n) is 6.30. The third-order valence-electron chi connectivity index (χ3n) is 4.07. The van der Waals surface area contributed by atoms with Crippen molar-refractivity contribution in [3.8, 4) is 0 Å². The minimum atomic E-state index is -3.75. The first-order chi connectivity index (χ1) is 12.9. The fourth-order valence-corrected chi connectivity index (χ4v) is 4.29. The average molecular weight is 411 g/mol. The highest BCUT2D eigenvalue weighted by atomic mass is 32.2. The molecule has 0 aliphatic heterocycles. The zero-order chi connectivity index (χ0) is 19.7. The van der Waals surface area contributed by atoms with Crippen molar-refractivity contribution in [1.29, 1.82) is 0 Å². The van der Waals surface area contributed by atoms with E-state index in [1.54, 1.807) is 36.2 Å². The van der Waals surface area contributed by atoms with Gasteiger partial charge in [-0.1, -0.05) is 18.2 Å². The van der Waals surface area contributed by atoms with Crippen molar-refractivity contribution in [3.05, 3.63) is 54.5 Å². The van der Waals surface area contributed by atoms with Crippen LogP contribution in [0.25, 0.3) is 0 Å². The molecule has 148 valence electrons. The predicted octanol–water partition coefficient (Wildman–Crippen LogP) is 2.82. The van der Waals surface area contributed by atoms with Crippen LogP contribution in [0.3, 0.4) is 0 Å². The second-order valence-corrected chi connectivity index (χ2v) is 9.00. The van der Waals surface area contributed by atoms with Gasteiger partial charge in [0.05, 0.1) is 11.2 Å². The summed E-state index contributed by atoms with van der Waals surface area (Å²) < 4.78 is 33.0. The zero-order valence-corrected chi connectivity index (χ0v) is 17.2. The number of carbonyl (C=O) groups is 1. The molecule has 0 fully saturated rings. The number of hydrogen-bond acceptors (Lipinski definition) is 5. The molecule has 0 aliphatic carbocycles. The lowest BCUT2D eigenvalue weighted by atomic mass is 10.1. The lowest BCUT2D eigenvalue weighted by Crippen LogP contribution is -2.49. The molecule has 1 heterocycles. The first kappa shape index (κ1) is 21.5. The number of furan rings is 1. The number of aryl methyl sites for hydroxylation is 1. The first-order valence-corrected chi connectivity index (χ1v) is 11.7. The highest BCUT2D eigenvalue weighted by Gasteiger charge is 2.26. The summed E-state index contributed by atoms with van der Waals surface area (Å²) in [5.74, 6) is 1.23. The Morgan fingerprint density at radius 3 is 2.52 bits per heavy atom. The summed E-state index contributed by atoms with van der Waals surface area (Å²) in [6, 6.07) is 10.9. The second kappa shape index (κ2) is 10.5. The van der Waals surface area contributed by atoms with Gasteiger partial charge in [-0.05, 0) is 56.0 Å². The van der Waals surface area contributed by atoms with Gasteiger partial charge in [-0.25, -0.2) is 8.42 Å². The molecule has 27 heavy (non-hydrogen) atoms. The van der Waals surface area contributed by atoms with Gasteiger partial charge >= 0.3 is 0 Å². The van der Waals surface area contributed by atoms with E-state index in [9.17, 15) is 13.2 Å². The maximum atomic E-state index is 12.7. The largest absolute Gasteiger partial charge is 0.469 e. The summed E-state index contributed by atoms with van der Waals surface area (Å²) in [5, 5.41) is 2.91. The van der Waals surface area contributed by atoms with Gasteiger partial charge in [-0.3, -0.25) is 4.79 Å². The number of nitrogens with one attached hydrogen (secondary N) is 2. The predicted molar refractivity (Wildman–Crippen MR) is 108 cm³/mol. The van der Waals surface area contributed by atoms with Crippen molar-refractivity contribution in [1.82, 2.24) is 10.0 Å². The number of carbonyl (C=O) groups excluding carboxylic acids is 1. The molecule has 0 aliphatic rings. The molecule has 1 aromatic carbocycles. The van der Waals surface area contributed by atoms with Crippen LogP contribution in [0, 0.1) is 0 Å². The van der Waals surface area contributed by atoms with Crippen molar-refractivity contribution >= 4 is 27.7 Å². The maximum Gasteiger partial charge on any atom is 0.241 e. The molecule has 0 radical (unpaired) electrons. The van der Waals surface area contributed by atoms with Crippen LogP contribution in [0.1, 0.15) is 25.5 Å². The Morgan fingerprint density at radius 2 is 1.89 bits per heavy atom. The van der Waals surface area contributed by atoms with Gasteiger partial charge < -0.3 is 9.73 Å². The monoisotopic (exact) mass is 410 g/mol. The van der Waals surface area contributed by atoms with Gasteiger partial charge in [-0.2, -0.15) is 16.5 Å². The Labute approximate surface area is 165 Å². The van der Waals surface area contributed by atoms with Gasteiger partial charge in [0.1, 0.15) is 11.8 Å². The SMILES string of the molecule is CSCCC(NS(=O)(=O)c1ccccc1)C(=O)NC(C)CCc1ccco1. The highest BCUT2D eigenvalue weighted by molar-refractivity contribution is 7.98. The van der Waals surface area contributed by atoms with Crippen LogP contribution in [0.4, 0.5) is 0 Å². The molecular formula is C19H26N2O4S2. The molecule has 2 rings (SSSR count). The van der Waals surface area contributed by atoms with Crippen molar-refractivity contribution in [2.45, 2.75) is 43.2 Å². The smallest absolute Gasteiger partial charge is 0.241 e. The zero-order valence-electron chi connectivity index (χ0n) is 15.6. The summed E-state index contributed by atoms with van der Waals surface area (Å²) in [4.78, 5) is 12.8. The Morgan fingerprint density at radius 1 is 1.15 bits per heavy atom. The standard InChI is InChI=1S/C19H26N2O4S2/c1-15(10-11-16-7-6-13-25-16)20-19(22)18(12-14-26-2)21-27(23,24)17-8-4-3-5-9-17/h3-9,13,15,18,21H,10-12,14H2,1-2H3,(H,20,22). The van der Waals surface area contributed by atoms with E-state index in [0.29, 0.717) is 25.0 Å². The highest BCUT2D eigenvalue weighted by Crippen LogP contribution is 2.11. The van der Waals surface area contributed by atoms with E-state index in [4.69, 9.17) is 4.42 Å². The quantitative estimate of drug-likeness (QED) is 0.595. The van der Waals surface area contributed by atoms with Crippen molar-refractivity contribution < 1.29 is 17.6 Å². The Balaban J connectivity index is 1.98. The molecule has 6 nitrogen and oxygen atoms in total. The van der Waals surface area contributed by atoms with E-state index in [-0.39, 0.29) is 16.8 Å². The average Bonchev–Trinajstić information content (AvgIpc) is 3.17. The van der Waals surface area contributed by atoms with Crippen molar-refractivity contribution in [2.24, 2.45) is 0 Å². The Hall–Kier alpha value is -1.77. The van der Waals surface area contributed by atoms with E-state index in [0.717, 1.165) is 5.76 Å². The number of hydrogen-bond donors (Lipinski definition) is 2. The van der Waals surface area contributed by atoms with E-state index in [1.165, 1.54) is 12.1 Å². The number of amides is 1. The van der Waals surface area contributed by atoms with Gasteiger partial charge in [0.15, 0.2) is 0 Å². The summed E-state index contributed by atoms with van der Waals surface area (Å²) in [6.45, 7) is 1.90. The van der Waals surface area contributed by atoms with Gasteiger partial charge in [0, 0.05) is 12.5 Å². The minimum absolute atomic E-state index is 0.0967. The van der Waals surface area contributed by atoms with Crippen LogP contribution < -0.4 is 10.0 Å². The van der Waals surface area contributed by atoms with Crippen LogP contribution >= 0.6 is 11.8 Å². The van der Waals surface area contributed by atoms with Crippen molar-refractivity contribution in [2.75, 3.05) is 12.0 Å². The molecule has 2 N–H and O–H groups in total. The third kappa shape index (κ3) is 7.04. The van der Waals surface area contributed by atoms with E-state index < -0.39 is 16.1 Å².